The van der Waals surface area contributed by atoms with Gasteiger partial charge in [-0.25, -0.2) is 0 Å². The number of nitrogens with zero attached hydrogens (tertiary/aromatic N) is 2. The highest BCUT2D eigenvalue weighted by molar-refractivity contribution is 5.85. The molecule has 3 aromatic carbocycles. The van der Waals surface area contributed by atoms with Crippen molar-refractivity contribution >= 4 is 24.8 Å². The lowest BCUT2D eigenvalue weighted by atomic mass is 9.91. The number of aliphatic hydroxyl groups is 1. The summed E-state index contributed by atoms with van der Waals surface area (Å²) >= 11 is 0. The molecule has 1 heterocycles. The maximum absolute atomic E-state index is 11.4. The van der Waals surface area contributed by atoms with Gasteiger partial charge in [0.2, 0.25) is 0 Å². The second-order valence-corrected chi connectivity index (χ2v) is 8.32. The lowest BCUT2D eigenvalue weighted by molar-refractivity contribution is 0.0146. The number of ether oxygens (including phenoxy) is 1. The van der Waals surface area contributed by atoms with Crippen LogP contribution in [0.3, 0.4) is 0 Å². The molecule has 6 heteroatoms. The molecule has 1 fully saturated rings. The Hall–Kier alpha value is -2.08. The topological polar surface area (TPSA) is 35.9 Å². The van der Waals surface area contributed by atoms with Crippen LogP contribution in [-0.2, 0) is 6.54 Å². The summed E-state index contributed by atoms with van der Waals surface area (Å²) in [6.45, 7) is 6.90. The predicted molar refractivity (Wildman–Crippen MR) is 140 cm³/mol. The zero-order valence-electron chi connectivity index (χ0n) is 19.3. The van der Waals surface area contributed by atoms with Gasteiger partial charge in [-0.15, -0.1) is 24.8 Å². The SMILES string of the molecule is COc1ccc(CN2CCN(C(c3ccccc3C)C(O)c3ccccc3)CC2)cc1.Cl.Cl. The van der Waals surface area contributed by atoms with Gasteiger partial charge in [-0.05, 0) is 41.3 Å². The van der Waals surface area contributed by atoms with E-state index in [0.717, 1.165) is 44.0 Å². The molecule has 0 spiro atoms. The molecule has 1 aliphatic heterocycles. The number of methoxy groups -OCH3 is 1. The first-order valence-electron chi connectivity index (χ1n) is 11.0. The molecule has 0 aromatic heterocycles. The Morgan fingerprint density at radius 1 is 0.818 bits per heavy atom. The van der Waals surface area contributed by atoms with Gasteiger partial charge in [0, 0.05) is 32.7 Å². The van der Waals surface area contributed by atoms with Crippen molar-refractivity contribution in [2.75, 3.05) is 33.3 Å². The summed E-state index contributed by atoms with van der Waals surface area (Å²) in [5.74, 6) is 0.893. The van der Waals surface area contributed by atoms with E-state index in [1.807, 2.05) is 42.5 Å². The molecule has 1 aliphatic rings. The van der Waals surface area contributed by atoms with Gasteiger partial charge in [-0.2, -0.15) is 0 Å². The third-order valence-electron chi connectivity index (χ3n) is 6.31. The predicted octanol–water partition coefficient (Wildman–Crippen LogP) is 5.44. The molecule has 0 saturated carbocycles. The van der Waals surface area contributed by atoms with Crippen LogP contribution in [-0.4, -0.2) is 48.2 Å². The van der Waals surface area contributed by atoms with Crippen molar-refractivity contribution in [3.8, 4) is 5.75 Å². The molecule has 3 aromatic rings. The molecule has 178 valence electrons. The first-order chi connectivity index (χ1) is 15.2. The number of benzene rings is 3. The lowest BCUT2D eigenvalue weighted by Crippen LogP contribution is -2.48. The van der Waals surface area contributed by atoms with E-state index in [0.29, 0.717) is 0 Å². The Balaban J connectivity index is 0.00000193. The van der Waals surface area contributed by atoms with E-state index >= 15 is 0 Å². The van der Waals surface area contributed by atoms with Crippen LogP contribution in [0.5, 0.6) is 5.75 Å². The summed E-state index contributed by atoms with van der Waals surface area (Å²) in [5.41, 5.74) is 4.70. The molecule has 0 bridgehead atoms. The molecular weight excluding hydrogens is 455 g/mol. The van der Waals surface area contributed by atoms with Crippen molar-refractivity contribution in [3.63, 3.8) is 0 Å². The minimum absolute atomic E-state index is 0. The van der Waals surface area contributed by atoms with Crippen molar-refractivity contribution in [2.45, 2.75) is 25.6 Å². The third-order valence-corrected chi connectivity index (χ3v) is 6.31. The lowest BCUT2D eigenvalue weighted by Gasteiger charge is -2.42. The molecule has 0 aliphatic carbocycles. The average molecular weight is 489 g/mol. The van der Waals surface area contributed by atoms with Gasteiger partial charge in [0.1, 0.15) is 5.75 Å². The van der Waals surface area contributed by atoms with Crippen LogP contribution in [0.15, 0.2) is 78.9 Å². The number of hydrogen-bond acceptors (Lipinski definition) is 4. The van der Waals surface area contributed by atoms with Gasteiger partial charge in [-0.1, -0.05) is 66.7 Å². The molecule has 0 radical (unpaired) electrons. The Bertz CT molecular complexity index is 961. The summed E-state index contributed by atoms with van der Waals surface area (Å²) in [4.78, 5) is 4.94. The van der Waals surface area contributed by atoms with Gasteiger partial charge in [0.25, 0.3) is 0 Å². The van der Waals surface area contributed by atoms with E-state index in [1.54, 1.807) is 7.11 Å². The largest absolute Gasteiger partial charge is 0.497 e. The zero-order chi connectivity index (χ0) is 21.6. The van der Waals surface area contributed by atoms with Gasteiger partial charge in [0.05, 0.1) is 19.3 Å². The van der Waals surface area contributed by atoms with Gasteiger partial charge in [-0.3, -0.25) is 9.80 Å². The quantitative estimate of drug-likeness (QED) is 0.480. The first kappa shape index (κ1) is 27.2. The van der Waals surface area contributed by atoms with Crippen LogP contribution in [0, 0.1) is 6.92 Å². The van der Waals surface area contributed by atoms with E-state index in [1.165, 1.54) is 16.7 Å². The van der Waals surface area contributed by atoms with Crippen LogP contribution >= 0.6 is 24.8 Å². The first-order valence-corrected chi connectivity index (χ1v) is 11.0. The highest BCUT2D eigenvalue weighted by Crippen LogP contribution is 2.36. The van der Waals surface area contributed by atoms with Gasteiger partial charge < -0.3 is 9.84 Å². The molecule has 2 unspecified atom stereocenters. The second kappa shape index (κ2) is 13.0. The fourth-order valence-electron chi connectivity index (χ4n) is 4.51. The Labute approximate surface area is 210 Å². The summed E-state index contributed by atoms with van der Waals surface area (Å²) in [6.07, 6.45) is -0.560. The normalized spacial score (nSPS) is 16.2. The number of piperazine rings is 1. The third kappa shape index (κ3) is 6.72. The number of aryl methyl sites for hydroxylation is 1. The van der Waals surface area contributed by atoms with Crippen LogP contribution in [0.2, 0.25) is 0 Å². The Morgan fingerprint density at radius 2 is 1.42 bits per heavy atom. The van der Waals surface area contributed by atoms with Gasteiger partial charge >= 0.3 is 0 Å². The standard InChI is InChI=1S/C27H32N2O2.2ClH/c1-21-8-6-7-11-25(21)26(27(30)23-9-4-3-5-10-23)29-18-16-28(17-19-29)20-22-12-14-24(31-2)15-13-22;;/h3-15,26-27,30H,16-20H2,1-2H3;2*1H. The monoisotopic (exact) mass is 488 g/mol. The molecular formula is C27H34Cl2N2O2. The maximum Gasteiger partial charge on any atom is 0.118 e. The molecule has 4 rings (SSSR count). The van der Waals surface area contributed by atoms with Crippen molar-refractivity contribution in [1.29, 1.82) is 0 Å². The van der Waals surface area contributed by atoms with Crippen LogP contribution in [0.1, 0.15) is 34.4 Å². The van der Waals surface area contributed by atoms with Crippen molar-refractivity contribution in [2.24, 2.45) is 0 Å². The highest BCUT2D eigenvalue weighted by Gasteiger charge is 2.32. The number of halogens is 2. The van der Waals surface area contributed by atoms with E-state index in [4.69, 9.17) is 4.74 Å². The molecule has 4 nitrogen and oxygen atoms in total. The van der Waals surface area contributed by atoms with Crippen molar-refractivity contribution in [3.05, 3.63) is 101 Å². The number of rotatable bonds is 7. The molecule has 33 heavy (non-hydrogen) atoms. The smallest absolute Gasteiger partial charge is 0.118 e. The Kier molecular flexibility index (Phi) is 10.7. The minimum atomic E-state index is -0.560. The highest BCUT2D eigenvalue weighted by atomic mass is 35.5. The van der Waals surface area contributed by atoms with Crippen LogP contribution in [0.25, 0.3) is 0 Å². The fourth-order valence-corrected chi connectivity index (χ4v) is 4.51. The molecule has 0 amide bonds. The van der Waals surface area contributed by atoms with Gasteiger partial charge in [0.15, 0.2) is 0 Å². The fraction of sp³-hybridized carbons (Fsp3) is 0.333. The maximum atomic E-state index is 11.4. The minimum Gasteiger partial charge on any atom is -0.497 e. The zero-order valence-corrected chi connectivity index (χ0v) is 20.9. The van der Waals surface area contributed by atoms with Crippen LogP contribution in [0.4, 0.5) is 0 Å². The van der Waals surface area contributed by atoms with E-state index < -0.39 is 6.10 Å². The number of aliphatic hydroxyl groups excluding tert-OH is 1. The summed E-state index contributed by atoms with van der Waals surface area (Å²) in [5, 5.41) is 11.4. The summed E-state index contributed by atoms with van der Waals surface area (Å²) in [6, 6.07) is 26.8. The van der Waals surface area contributed by atoms with Crippen molar-refractivity contribution < 1.29 is 9.84 Å². The average Bonchev–Trinajstić information content (AvgIpc) is 2.82. The molecule has 1 N–H and O–H groups in total. The number of hydrogen-bond donors (Lipinski definition) is 1. The van der Waals surface area contributed by atoms with E-state index in [-0.39, 0.29) is 30.9 Å². The molecule has 1 saturated heterocycles. The van der Waals surface area contributed by atoms with E-state index in [2.05, 4.69) is 53.1 Å². The van der Waals surface area contributed by atoms with Crippen molar-refractivity contribution in [1.82, 2.24) is 9.80 Å². The van der Waals surface area contributed by atoms with Crippen LogP contribution < -0.4 is 4.74 Å². The molecule has 2 atom stereocenters. The summed E-state index contributed by atoms with van der Waals surface area (Å²) in [7, 11) is 1.70. The Morgan fingerprint density at radius 3 is 2.03 bits per heavy atom. The summed E-state index contributed by atoms with van der Waals surface area (Å²) < 4.78 is 5.27. The van der Waals surface area contributed by atoms with E-state index in [9.17, 15) is 5.11 Å². The second-order valence-electron chi connectivity index (χ2n) is 8.32.